The Kier molecular flexibility index (Phi) is 7.39. The SMILES string of the molecule is COc1cc(C=NNc2cccc(C(F)(F)F)c2)cc([N+](=O)[O-])c1OCc1cccc(Cl)c1. The van der Waals surface area contributed by atoms with Crippen molar-refractivity contribution in [3.8, 4) is 11.5 Å². The molecule has 172 valence electrons. The van der Waals surface area contributed by atoms with Crippen LogP contribution in [0.5, 0.6) is 11.5 Å². The Balaban J connectivity index is 1.82. The minimum absolute atomic E-state index is 0.0162. The highest BCUT2D eigenvalue weighted by atomic mass is 35.5. The van der Waals surface area contributed by atoms with Crippen molar-refractivity contribution in [3.63, 3.8) is 0 Å². The number of benzene rings is 3. The predicted molar refractivity (Wildman–Crippen MR) is 118 cm³/mol. The number of alkyl halides is 3. The van der Waals surface area contributed by atoms with Crippen LogP contribution in [0.1, 0.15) is 16.7 Å². The van der Waals surface area contributed by atoms with Crippen molar-refractivity contribution in [1.29, 1.82) is 0 Å². The van der Waals surface area contributed by atoms with E-state index < -0.39 is 16.7 Å². The smallest absolute Gasteiger partial charge is 0.416 e. The van der Waals surface area contributed by atoms with Gasteiger partial charge in [0.2, 0.25) is 5.75 Å². The number of hydrogen-bond donors (Lipinski definition) is 1. The topological polar surface area (TPSA) is 86.0 Å². The van der Waals surface area contributed by atoms with Crippen molar-refractivity contribution in [2.75, 3.05) is 12.5 Å². The Labute approximate surface area is 191 Å². The predicted octanol–water partition coefficient (Wildman–Crippen LogP) is 6.30. The molecule has 0 amide bonds. The van der Waals surface area contributed by atoms with E-state index in [1.165, 1.54) is 37.6 Å². The highest BCUT2D eigenvalue weighted by molar-refractivity contribution is 6.30. The molecular weight excluding hydrogens is 463 g/mol. The highest BCUT2D eigenvalue weighted by Gasteiger charge is 2.30. The molecule has 0 saturated heterocycles. The lowest BCUT2D eigenvalue weighted by molar-refractivity contribution is -0.386. The summed E-state index contributed by atoms with van der Waals surface area (Å²) >= 11 is 5.95. The molecule has 0 aliphatic carbocycles. The first-order valence-corrected chi connectivity index (χ1v) is 9.75. The molecule has 11 heteroatoms. The Bertz CT molecular complexity index is 1190. The van der Waals surface area contributed by atoms with E-state index in [1.807, 2.05) is 0 Å². The molecule has 0 fully saturated rings. The van der Waals surface area contributed by atoms with E-state index in [1.54, 1.807) is 24.3 Å². The number of hydrazone groups is 1. The van der Waals surface area contributed by atoms with Crippen LogP contribution in [0.3, 0.4) is 0 Å². The fourth-order valence-electron chi connectivity index (χ4n) is 2.84. The normalized spacial score (nSPS) is 11.4. The largest absolute Gasteiger partial charge is 0.493 e. The molecule has 0 spiro atoms. The molecule has 0 bridgehead atoms. The number of rotatable bonds is 8. The molecular formula is C22H17ClF3N3O4. The Morgan fingerprint density at radius 1 is 1.15 bits per heavy atom. The summed E-state index contributed by atoms with van der Waals surface area (Å²) in [4.78, 5) is 11.0. The van der Waals surface area contributed by atoms with Crippen LogP contribution in [0, 0.1) is 10.1 Å². The van der Waals surface area contributed by atoms with Gasteiger partial charge in [0.1, 0.15) is 6.61 Å². The van der Waals surface area contributed by atoms with Gasteiger partial charge in [-0.25, -0.2) is 0 Å². The number of anilines is 1. The summed E-state index contributed by atoms with van der Waals surface area (Å²) in [5.74, 6) is 0.0113. The quantitative estimate of drug-likeness (QED) is 0.233. The van der Waals surface area contributed by atoms with Crippen LogP contribution in [0.4, 0.5) is 24.5 Å². The van der Waals surface area contributed by atoms with Gasteiger partial charge < -0.3 is 9.47 Å². The van der Waals surface area contributed by atoms with E-state index in [4.69, 9.17) is 21.1 Å². The van der Waals surface area contributed by atoms with Crippen molar-refractivity contribution in [2.45, 2.75) is 12.8 Å². The maximum absolute atomic E-state index is 12.8. The average Bonchev–Trinajstić information content (AvgIpc) is 2.77. The van der Waals surface area contributed by atoms with Crippen molar-refractivity contribution in [3.05, 3.63) is 92.5 Å². The highest BCUT2D eigenvalue weighted by Crippen LogP contribution is 2.38. The van der Waals surface area contributed by atoms with Gasteiger partial charge in [0, 0.05) is 16.7 Å². The van der Waals surface area contributed by atoms with Crippen molar-refractivity contribution in [2.24, 2.45) is 5.10 Å². The van der Waals surface area contributed by atoms with Gasteiger partial charge in [0.15, 0.2) is 5.75 Å². The maximum Gasteiger partial charge on any atom is 0.416 e. The number of nitro benzene ring substituents is 1. The molecule has 0 aliphatic rings. The van der Waals surface area contributed by atoms with E-state index in [0.29, 0.717) is 10.6 Å². The van der Waals surface area contributed by atoms with E-state index in [-0.39, 0.29) is 35.0 Å². The molecule has 0 atom stereocenters. The van der Waals surface area contributed by atoms with E-state index in [0.717, 1.165) is 12.1 Å². The summed E-state index contributed by atoms with van der Waals surface area (Å²) < 4.78 is 49.4. The molecule has 0 radical (unpaired) electrons. The van der Waals surface area contributed by atoms with E-state index in [9.17, 15) is 23.3 Å². The van der Waals surface area contributed by atoms with Gasteiger partial charge in [-0.15, -0.1) is 0 Å². The van der Waals surface area contributed by atoms with Crippen molar-refractivity contribution in [1.82, 2.24) is 0 Å². The lowest BCUT2D eigenvalue weighted by Crippen LogP contribution is -2.05. The van der Waals surface area contributed by atoms with Crippen LogP contribution in [-0.4, -0.2) is 18.2 Å². The molecule has 0 saturated carbocycles. The number of hydrogen-bond acceptors (Lipinski definition) is 6. The van der Waals surface area contributed by atoms with Crippen LogP contribution in [0.2, 0.25) is 5.02 Å². The summed E-state index contributed by atoms with van der Waals surface area (Å²) in [6, 6.07) is 14.0. The molecule has 0 aromatic heterocycles. The Morgan fingerprint density at radius 2 is 1.91 bits per heavy atom. The minimum Gasteiger partial charge on any atom is -0.493 e. The Morgan fingerprint density at radius 3 is 2.58 bits per heavy atom. The summed E-state index contributed by atoms with van der Waals surface area (Å²) in [6.07, 6.45) is -3.27. The zero-order valence-electron chi connectivity index (χ0n) is 17.1. The van der Waals surface area contributed by atoms with Crippen LogP contribution in [0.25, 0.3) is 0 Å². The van der Waals surface area contributed by atoms with Crippen molar-refractivity contribution < 1.29 is 27.6 Å². The van der Waals surface area contributed by atoms with Gasteiger partial charge in [-0.2, -0.15) is 18.3 Å². The molecule has 0 heterocycles. The zero-order chi connectivity index (χ0) is 24.0. The lowest BCUT2D eigenvalue weighted by Gasteiger charge is -2.12. The van der Waals surface area contributed by atoms with Gasteiger partial charge >= 0.3 is 11.9 Å². The number of methoxy groups -OCH3 is 1. The van der Waals surface area contributed by atoms with E-state index in [2.05, 4.69) is 10.5 Å². The van der Waals surface area contributed by atoms with Gasteiger partial charge in [-0.05, 0) is 42.0 Å². The molecule has 1 N–H and O–H groups in total. The van der Waals surface area contributed by atoms with Crippen LogP contribution < -0.4 is 14.9 Å². The first-order valence-electron chi connectivity index (χ1n) is 9.37. The second-order valence-electron chi connectivity index (χ2n) is 6.70. The molecule has 3 aromatic carbocycles. The Hall–Kier alpha value is -3.79. The van der Waals surface area contributed by atoms with Gasteiger partial charge in [0.05, 0.1) is 29.5 Å². The average molecular weight is 480 g/mol. The number of nitrogens with zero attached hydrogens (tertiary/aromatic N) is 2. The third kappa shape index (κ3) is 6.36. The lowest BCUT2D eigenvalue weighted by atomic mass is 10.1. The van der Waals surface area contributed by atoms with Crippen LogP contribution in [-0.2, 0) is 12.8 Å². The van der Waals surface area contributed by atoms with E-state index >= 15 is 0 Å². The van der Waals surface area contributed by atoms with Crippen LogP contribution >= 0.6 is 11.6 Å². The number of nitrogens with one attached hydrogen (secondary N) is 1. The van der Waals surface area contributed by atoms with Gasteiger partial charge in [0.25, 0.3) is 0 Å². The molecule has 3 rings (SSSR count). The standard InChI is InChI=1S/C22H17ClF3N3O4/c1-32-20-10-15(12-27-28-18-7-3-5-16(11-18)22(24,25)26)9-19(29(30)31)21(20)33-13-14-4-2-6-17(23)8-14/h2-12,28H,13H2,1H3. The van der Waals surface area contributed by atoms with Gasteiger partial charge in [-0.1, -0.05) is 29.8 Å². The molecule has 33 heavy (non-hydrogen) atoms. The fraction of sp³-hybridized carbons (Fsp3) is 0.136. The summed E-state index contributed by atoms with van der Waals surface area (Å²) in [7, 11) is 1.33. The van der Waals surface area contributed by atoms with Crippen LogP contribution in [0.15, 0.2) is 65.8 Å². The van der Waals surface area contributed by atoms with Crippen molar-refractivity contribution >= 4 is 29.2 Å². The first kappa shape index (κ1) is 23.9. The monoisotopic (exact) mass is 479 g/mol. The third-order valence-electron chi connectivity index (χ3n) is 4.34. The van der Waals surface area contributed by atoms with Gasteiger partial charge in [-0.3, -0.25) is 15.5 Å². The molecule has 0 unspecified atom stereocenters. The fourth-order valence-corrected chi connectivity index (χ4v) is 3.06. The molecule has 3 aromatic rings. The summed E-state index contributed by atoms with van der Waals surface area (Å²) in [5.41, 5.74) is 2.35. The summed E-state index contributed by atoms with van der Waals surface area (Å²) in [5, 5.41) is 16.0. The first-order chi connectivity index (χ1) is 15.7. The number of nitro groups is 1. The number of halogens is 4. The zero-order valence-corrected chi connectivity index (χ0v) is 17.9. The third-order valence-corrected chi connectivity index (χ3v) is 4.58. The number of ether oxygens (including phenoxy) is 2. The molecule has 7 nitrogen and oxygen atoms in total. The second-order valence-corrected chi connectivity index (χ2v) is 7.13. The maximum atomic E-state index is 12.8. The molecule has 0 aliphatic heterocycles. The minimum atomic E-state index is -4.49. The summed E-state index contributed by atoms with van der Waals surface area (Å²) in [6.45, 7) is 0.0162. The second kappa shape index (κ2) is 10.2.